The van der Waals surface area contributed by atoms with E-state index < -0.39 is 6.36 Å². The zero-order valence-corrected chi connectivity index (χ0v) is 12.9. The Hall–Kier alpha value is -2.50. The quantitative estimate of drug-likeness (QED) is 0.598. The van der Waals surface area contributed by atoms with Gasteiger partial charge in [-0.05, 0) is 23.6 Å². The number of alkyl halides is 3. The van der Waals surface area contributed by atoms with E-state index >= 15 is 0 Å². The lowest BCUT2D eigenvalue weighted by Crippen LogP contribution is -2.17. The lowest BCUT2D eigenvalue weighted by Gasteiger charge is -2.11. The summed E-state index contributed by atoms with van der Waals surface area (Å²) in [6.45, 7) is 4.00. The van der Waals surface area contributed by atoms with Crippen molar-refractivity contribution in [2.45, 2.75) is 20.2 Å². The highest BCUT2D eigenvalue weighted by atomic mass is 19.4. The molecule has 1 aromatic heterocycles. The molecule has 0 saturated heterocycles. The third kappa shape index (κ3) is 3.64. The second-order valence-electron chi connectivity index (χ2n) is 4.39. The number of pyridine rings is 1. The van der Waals surface area contributed by atoms with Gasteiger partial charge in [0.2, 0.25) is 5.88 Å². The monoisotopic (exact) mass is 323 g/mol. The maximum Gasteiger partial charge on any atom is 0.573 e. The zero-order valence-electron chi connectivity index (χ0n) is 12.9. The number of ether oxygens (including phenoxy) is 2. The predicted molar refractivity (Wildman–Crippen MR) is 83.8 cm³/mol. The third-order valence-electron chi connectivity index (χ3n) is 3.07. The van der Waals surface area contributed by atoms with Crippen molar-refractivity contribution in [3.8, 4) is 11.6 Å². The lowest BCUT2D eigenvalue weighted by atomic mass is 10.1. The normalized spacial score (nSPS) is 11.0. The van der Waals surface area contributed by atoms with Crippen molar-refractivity contribution < 1.29 is 22.6 Å². The van der Waals surface area contributed by atoms with Crippen LogP contribution in [0.25, 0.3) is 21.7 Å². The molecule has 0 radical (unpaired) electrons. The first-order valence-electron chi connectivity index (χ1n) is 7.10. The maximum atomic E-state index is 12.3. The van der Waals surface area contributed by atoms with Crippen molar-refractivity contribution in [3.05, 3.63) is 42.5 Å². The van der Waals surface area contributed by atoms with Gasteiger partial charge >= 0.3 is 6.36 Å². The summed E-state index contributed by atoms with van der Waals surface area (Å²) in [7, 11) is 1.47. The van der Waals surface area contributed by atoms with Crippen molar-refractivity contribution in [2.24, 2.45) is 0 Å². The van der Waals surface area contributed by atoms with Crippen LogP contribution in [0.2, 0.25) is 0 Å². The van der Waals surface area contributed by atoms with Crippen molar-refractivity contribution >= 4 is 21.7 Å². The summed E-state index contributed by atoms with van der Waals surface area (Å²) in [4.78, 5) is 4.24. The van der Waals surface area contributed by atoms with Gasteiger partial charge in [0.15, 0.2) is 0 Å². The molecular formula is C17H16F3NO2. The van der Waals surface area contributed by atoms with E-state index in [0.29, 0.717) is 11.4 Å². The number of nitrogens with zero attached hydrogens (tertiary/aromatic N) is 1. The van der Waals surface area contributed by atoms with E-state index in [1.807, 2.05) is 38.1 Å². The molecule has 3 aromatic rings. The molecule has 0 atom stereocenters. The van der Waals surface area contributed by atoms with E-state index in [4.69, 9.17) is 4.74 Å². The number of hydrogen-bond acceptors (Lipinski definition) is 3. The highest BCUT2D eigenvalue weighted by Gasteiger charge is 2.31. The molecule has 2 aromatic carbocycles. The van der Waals surface area contributed by atoms with Gasteiger partial charge in [0, 0.05) is 16.8 Å². The molecule has 0 saturated carbocycles. The number of aromatic nitrogens is 1. The first-order valence-corrected chi connectivity index (χ1v) is 7.10. The molecule has 0 aliphatic heterocycles. The minimum absolute atomic E-state index is 0.306. The Balaban J connectivity index is 0.000000924. The van der Waals surface area contributed by atoms with Crippen molar-refractivity contribution in [1.29, 1.82) is 0 Å². The summed E-state index contributed by atoms with van der Waals surface area (Å²) in [6, 6.07) is 11.5. The Kier molecular flexibility index (Phi) is 4.93. The largest absolute Gasteiger partial charge is 0.573 e. The molecule has 0 N–H and O–H groups in total. The van der Waals surface area contributed by atoms with Gasteiger partial charge in [-0.1, -0.05) is 32.0 Å². The second kappa shape index (κ2) is 6.73. The van der Waals surface area contributed by atoms with Gasteiger partial charge in [0.1, 0.15) is 5.75 Å². The fourth-order valence-electron chi connectivity index (χ4n) is 2.26. The molecule has 6 heteroatoms. The number of rotatable bonds is 2. The molecule has 0 fully saturated rings. The molecule has 0 spiro atoms. The highest BCUT2D eigenvalue weighted by molar-refractivity contribution is 6.08. The fourth-order valence-corrected chi connectivity index (χ4v) is 2.26. The topological polar surface area (TPSA) is 31.4 Å². The molecule has 0 amide bonds. The number of halogens is 3. The standard InChI is InChI=1S/C15H10F3NO2.C2H6/c1-20-14-12-5-3-2-4-10(12)11-7-6-9(8-13(11)19-14)21-15(16,17)18;1-2/h2-8H,1H3;1-2H3. The van der Waals surface area contributed by atoms with E-state index in [2.05, 4.69) is 9.72 Å². The molecule has 23 heavy (non-hydrogen) atoms. The van der Waals surface area contributed by atoms with E-state index in [-0.39, 0.29) is 5.75 Å². The summed E-state index contributed by atoms with van der Waals surface area (Å²) in [5.41, 5.74) is 0.382. The predicted octanol–water partition coefficient (Wildman–Crippen LogP) is 5.32. The third-order valence-corrected chi connectivity index (χ3v) is 3.07. The van der Waals surface area contributed by atoms with Crippen LogP contribution in [0.4, 0.5) is 13.2 Å². The van der Waals surface area contributed by atoms with Crippen molar-refractivity contribution in [1.82, 2.24) is 4.98 Å². The van der Waals surface area contributed by atoms with Crippen LogP contribution in [0.1, 0.15) is 13.8 Å². The van der Waals surface area contributed by atoms with Crippen LogP contribution in [0.15, 0.2) is 42.5 Å². The van der Waals surface area contributed by atoms with Crippen LogP contribution >= 0.6 is 0 Å². The van der Waals surface area contributed by atoms with Gasteiger partial charge in [-0.25, -0.2) is 4.98 Å². The Morgan fingerprint density at radius 1 is 0.913 bits per heavy atom. The maximum absolute atomic E-state index is 12.3. The van der Waals surface area contributed by atoms with E-state index in [1.54, 1.807) is 6.07 Å². The summed E-state index contributed by atoms with van der Waals surface area (Å²) >= 11 is 0. The van der Waals surface area contributed by atoms with Gasteiger partial charge in [0.25, 0.3) is 0 Å². The SMILES string of the molecule is CC.COc1nc2cc(OC(F)(F)F)ccc2c2ccccc12. The van der Waals surface area contributed by atoms with Crippen LogP contribution in [0, 0.1) is 0 Å². The highest BCUT2D eigenvalue weighted by Crippen LogP contribution is 2.33. The molecule has 0 aliphatic carbocycles. The van der Waals surface area contributed by atoms with Crippen LogP contribution in [0.5, 0.6) is 11.6 Å². The van der Waals surface area contributed by atoms with Crippen molar-refractivity contribution in [3.63, 3.8) is 0 Å². The van der Waals surface area contributed by atoms with Gasteiger partial charge in [-0.3, -0.25) is 0 Å². The number of hydrogen-bond donors (Lipinski definition) is 0. The van der Waals surface area contributed by atoms with Crippen LogP contribution < -0.4 is 9.47 Å². The summed E-state index contributed by atoms with van der Waals surface area (Å²) in [5.74, 6) is 0.0575. The minimum Gasteiger partial charge on any atom is -0.481 e. The molecule has 0 aliphatic rings. The van der Waals surface area contributed by atoms with Gasteiger partial charge < -0.3 is 9.47 Å². The lowest BCUT2D eigenvalue weighted by molar-refractivity contribution is -0.274. The Morgan fingerprint density at radius 3 is 2.17 bits per heavy atom. The van der Waals surface area contributed by atoms with Gasteiger partial charge in [0.05, 0.1) is 12.6 Å². The fraction of sp³-hybridized carbons (Fsp3) is 0.235. The summed E-state index contributed by atoms with van der Waals surface area (Å²) in [6.07, 6.45) is -4.73. The number of methoxy groups -OCH3 is 1. The first-order chi connectivity index (χ1) is 11.0. The van der Waals surface area contributed by atoms with E-state index in [1.165, 1.54) is 19.2 Å². The Morgan fingerprint density at radius 2 is 1.57 bits per heavy atom. The Bertz CT molecular complexity index is 816. The van der Waals surface area contributed by atoms with Crippen LogP contribution in [-0.2, 0) is 0 Å². The molecule has 3 nitrogen and oxygen atoms in total. The molecule has 0 unspecified atom stereocenters. The van der Waals surface area contributed by atoms with E-state index in [9.17, 15) is 13.2 Å². The van der Waals surface area contributed by atoms with Gasteiger partial charge in [-0.15, -0.1) is 13.2 Å². The number of fused-ring (bicyclic) bond motifs is 3. The summed E-state index contributed by atoms with van der Waals surface area (Å²) < 4.78 is 45.9. The number of benzene rings is 2. The Labute approximate surface area is 131 Å². The smallest absolute Gasteiger partial charge is 0.481 e. The average Bonchev–Trinajstić information content (AvgIpc) is 2.54. The summed E-state index contributed by atoms with van der Waals surface area (Å²) in [5, 5.41) is 2.40. The molecule has 1 heterocycles. The average molecular weight is 323 g/mol. The molecule has 0 bridgehead atoms. The van der Waals surface area contributed by atoms with Crippen LogP contribution in [-0.4, -0.2) is 18.5 Å². The molecular weight excluding hydrogens is 307 g/mol. The second-order valence-corrected chi connectivity index (χ2v) is 4.39. The zero-order chi connectivity index (χ0) is 17.0. The van der Waals surface area contributed by atoms with Gasteiger partial charge in [-0.2, -0.15) is 0 Å². The van der Waals surface area contributed by atoms with Crippen LogP contribution in [0.3, 0.4) is 0 Å². The van der Waals surface area contributed by atoms with E-state index in [0.717, 1.165) is 16.2 Å². The minimum atomic E-state index is -4.73. The first kappa shape index (κ1) is 16.9. The molecule has 122 valence electrons. The van der Waals surface area contributed by atoms with Crippen molar-refractivity contribution in [2.75, 3.05) is 7.11 Å². The molecule has 3 rings (SSSR count).